The number of benzene rings is 1. The van der Waals surface area contributed by atoms with E-state index in [1.807, 2.05) is 26.0 Å². The van der Waals surface area contributed by atoms with E-state index < -0.39 is 10.0 Å². The van der Waals surface area contributed by atoms with Gasteiger partial charge in [-0.1, -0.05) is 0 Å². The van der Waals surface area contributed by atoms with Crippen LogP contribution in [0.5, 0.6) is 0 Å². The molecule has 1 atom stereocenters. The van der Waals surface area contributed by atoms with Crippen LogP contribution in [0.15, 0.2) is 34.5 Å². The number of sulfonamides is 1. The minimum Gasteiger partial charge on any atom is -0.399 e. The number of anilines is 2. The molecule has 0 amide bonds. The first kappa shape index (κ1) is 13.5. The summed E-state index contributed by atoms with van der Waals surface area (Å²) in [6, 6.07) is 8.84. The van der Waals surface area contributed by atoms with Gasteiger partial charge in [-0.2, -0.15) is 0 Å². The van der Waals surface area contributed by atoms with E-state index in [9.17, 15) is 8.42 Å². The third-order valence-corrected chi connectivity index (χ3v) is 6.88. The van der Waals surface area contributed by atoms with Crippen molar-refractivity contribution in [1.29, 1.82) is 0 Å². The summed E-state index contributed by atoms with van der Waals surface area (Å²) in [6.45, 7) is 3.83. The lowest BCUT2D eigenvalue weighted by Gasteiger charge is -2.23. The highest BCUT2D eigenvalue weighted by Crippen LogP contribution is 2.38. The first-order chi connectivity index (χ1) is 9.39. The Hall–Kier alpha value is -1.53. The fourth-order valence-electron chi connectivity index (χ4n) is 2.64. The predicted molar refractivity (Wildman–Crippen MR) is 82.7 cm³/mol. The van der Waals surface area contributed by atoms with Gasteiger partial charge >= 0.3 is 0 Å². The van der Waals surface area contributed by atoms with E-state index in [0.717, 1.165) is 16.1 Å². The van der Waals surface area contributed by atoms with E-state index >= 15 is 0 Å². The number of hydrogen-bond acceptors (Lipinski definition) is 4. The van der Waals surface area contributed by atoms with Gasteiger partial charge in [-0.25, -0.2) is 8.42 Å². The Bertz CT molecular complexity index is 765. The second-order valence-corrected chi connectivity index (χ2v) is 8.44. The molecule has 0 aliphatic carbocycles. The topological polar surface area (TPSA) is 63.4 Å². The van der Waals surface area contributed by atoms with Crippen LogP contribution in [-0.2, 0) is 16.4 Å². The maximum absolute atomic E-state index is 12.8. The van der Waals surface area contributed by atoms with Crippen LogP contribution >= 0.6 is 11.3 Å². The highest BCUT2D eigenvalue weighted by Gasteiger charge is 2.36. The Morgan fingerprint density at radius 3 is 2.70 bits per heavy atom. The van der Waals surface area contributed by atoms with Crippen LogP contribution in [0.2, 0.25) is 0 Å². The number of nitrogens with two attached hydrogens (primary N) is 1. The summed E-state index contributed by atoms with van der Waals surface area (Å²) in [5.74, 6) is 0. The number of nitrogens with zero attached hydrogens (tertiary/aromatic N) is 1. The molecule has 0 saturated heterocycles. The zero-order valence-corrected chi connectivity index (χ0v) is 13.0. The molecule has 2 aromatic rings. The maximum atomic E-state index is 12.8. The Balaban J connectivity index is 2.11. The standard InChI is InChI=1S/C14H16N2O2S2/c1-9-7-11-8-12(15)4-5-13(11)16(9)20(17,18)14-6-3-10(2)19-14/h3-6,8-9H,7,15H2,1-2H3. The van der Waals surface area contributed by atoms with Crippen molar-refractivity contribution >= 4 is 32.7 Å². The third-order valence-electron chi connectivity index (χ3n) is 3.49. The van der Waals surface area contributed by atoms with Crippen LogP contribution in [0, 0.1) is 6.92 Å². The first-order valence-electron chi connectivity index (χ1n) is 6.39. The van der Waals surface area contributed by atoms with E-state index in [1.165, 1.54) is 15.6 Å². The molecule has 0 bridgehead atoms. The van der Waals surface area contributed by atoms with Crippen LogP contribution in [0.3, 0.4) is 0 Å². The van der Waals surface area contributed by atoms with Gasteiger partial charge in [-0.05, 0) is 56.2 Å². The Kier molecular flexibility index (Phi) is 3.02. The number of thiophene rings is 1. The fraction of sp³-hybridized carbons (Fsp3) is 0.286. The van der Waals surface area contributed by atoms with E-state index in [2.05, 4.69) is 0 Å². The SMILES string of the molecule is Cc1ccc(S(=O)(=O)N2c3ccc(N)cc3CC2C)s1. The zero-order valence-electron chi connectivity index (χ0n) is 11.3. The van der Waals surface area contributed by atoms with E-state index in [4.69, 9.17) is 5.73 Å². The molecule has 20 heavy (non-hydrogen) atoms. The van der Waals surface area contributed by atoms with Gasteiger partial charge in [0.1, 0.15) is 4.21 Å². The van der Waals surface area contributed by atoms with Crippen molar-refractivity contribution in [2.24, 2.45) is 0 Å². The third kappa shape index (κ3) is 1.99. The van der Waals surface area contributed by atoms with Gasteiger partial charge in [0.25, 0.3) is 10.0 Å². The second kappa shape index (κ2) is 4.49. The quantitative estimate of drug-likeness (QED) is 0.868. The molecule has 1 aromatic carbocycles. The molecule has 0 spiro atoms. The Morgan fingerprint density at radius 1 is 1.30 bits per heavy atom. The summed E-state index contributed by atoms with van der Waals surface area (Å²) in [7, 11) is -3.48. The lowest BCUT2D eigenvalue weighted by atomic mass is 10.1. The summed E-state index contributed by atoms with van der Waals surface area (Å²) in [5, 5.41) is 0. The molecule has 4 nitrogen and oxygen atoms in total. The van der Waals surface area contributed by atoms with E-state index in [1.54, 1.807) is 18.2 Å². The van der Waals surface area contributed by atoms with Crippen molar-refractivity contribution in [2.45, 2.75) is 30.5 Å². The number of fused-ring (bicyclic) bond motifs is 1. The normalized spacial score (nSPS) is 18.3. The molecule has 2 N–H and O–H groups in total. The van der Waals surface area contributed by atoms with E-state index in [0.29, 0.717) is 16.3 Å². The highest BCUT2D eigenvalue weighted by molar-refractivity contribution is 7.94. The molecular weight excluding hydrogens is 292 g/mol. The number of hydrogen-bond donors (Lipinski definition) is 1. The molecule has 1 aromatic heterocycles. The number of rotatable bonds is 2. The maximum Gasteiger partial charge on any atom is 0.274 e. The highest BCUT2D eigenvalue weighted by atomic mass is 32.2. The van der Waals surface area contributed by atoms with Gasteiger partial charge in [-0.3, -0.25) is 4.31 Å². The molecule has 6 heteroatoms. The van der Waals surface area contributed by atoms with Gasteiger partial charge in [0, 0.05) is 16.6 Å². The smallest absolute Gasteiger partial charge is 0.274 e. The largest absolute Gasteiger partial charge is 0.399 e. The molecule has 0 fully saturated rings. The van der Waals surface area contributed by atoms with E-state index in [-0.39, 0.29) is 6.04 Å². The Labute approximate surface area is 122 Å². The van der Waals surface area contributed by atoms with Crippen molar-refractivity contribution in [3.05, 3.63) is 40.8 Å². The summed E-state index contributed by atoms with van der Waals surface area (Å²) in [4.78, 5) is 0.993. The average Bonchev–Trinajstić information content (AvgIpc) is 2.92. The van der Waals surface area contributed by atoms with Crippen molar-refractivity contribution in [1.82, 2.24) is 0 Å². The molecule has 0 saturated carbocycles. The van der Waals surface area contributed by atoms with Gasteiger partial charge < -0.3 is 5.73 Å². The van der Waals surface area contributed by atoms with Crippen LogP contribution in [0.25, 0.3) is 0 Å². The summed E-state index contributed by atoms with van der Waals surface area (Å²) in [5.41, 5.74) is 8.19. The van der Waals surface area contributed by atoms with Gasteiger partial charge in [0.15, 0.2) is 0 Å². The van der Waals surface area contributed by atoms with Crippen LogP contribution < -0.4 is 10.0 Å². The molecule has 1 aliphatic rings. The summed E-state index contributed by atoms with van der Waals surface area (Å²) < 4.78 is 27.5. The second-order valence-electron chi connectivity index (χ2n) is 5.11. The van der Waals surface area contributed by atoms with Crippen LogP contribution in [0.4, 0.5) is 11.4 Å². The van der Waals surface area contributed by atoms with Crippen LogP contribution in [-0.4, -0.2) is 14.5 Å². The molecule has 1 unspecified atom stereocenters. The number of nitrogen functional groups attached to an aromatic ring is 1. The Morgan fingerprint density at radius 2 is 2.05 bits per heavy atom. The predicted octanol–water partition coefficient (Wildman–Crippen LogP) is 2.78. The van der Waals surface area contributed by atoms with Crippen molar-refractivity contribution in [2.75, 3.05) is 10.0 Å². The molecular formula is C14H16N2O2S2. The minimum atomic E-state index is -3.48. The zero-order chi connectivity index (χ0) is 14.5. The van der Waals surface area contributed by atoms with Gasteiger partial charge in [-0.15, -0.1) is 11.3 Å². The lowest BCUT2D eigenvalue weighted by molar-refractivity contribution is 0.586. The lowest BCUT2D eigenvalue weighted by Crippen LogP contribution is -2.35. The fourth-order valence-corrected chi connectivity index (χ4v) is 5.70. The van der Waals surface area contributed by atoms with Crippen molar-refractivity contribution < 1.29 is 8.42 Å². The first-order valence-corrected chi connectivity index (χ1v) is 8.64. The molecule has 2 heterocycles. The summed E-state index contributed by atoms with van der Waals surface area (Å²) in [6.07, 6.45) is 0.698. The molecule has 3 rings (SSSR count). The van der Waals surface area contributed by atoms with Crippen molar-refractivity contribution in [3.63, 3.8) is 0 Å². The minimum absolute atomic E-state index is 0.0841. The average molecular weight is 308 g/mol. The molecule has 1 aliphatic heterocycles. The van der Waals surface area contributed by atoms with Crippen molar-refractivity contribution in [3.8, 4) is 0 Å². The number of aryl methyl sites for hydroxylation is 1. The molecule has 0 radical (unpaired) electrons. The van der Waals surface area contributed by atoms with Crippen LogP contribution in [0.1, 0.15) is 17.4 Å². The van der Waals surface area contributed by atoms with Gasteiger partial charge in [0.2, 0.25) is 0 Å². The molecule has 106 valence electrons. The van der Waals surface area contributed by atoms with Gasteiger partial charge in [0.05, 0.1) is 5.69 Å². The summed E-state index contributed by atoms with van der Waals surface area (Å²) >= 11 is 1.31. The monoisotopic (exact) mass is 308 g/mol.